The number of likely N-dealkylation sites (tertiary alicyclic amines) is 1. The van der Waals surface area contributed by atoms with E-state index in [9.17, 15) is 33.9 Å². The summed E-state index contributed by atoms with van der Waals surface area (Å²) in [6, 6.07) is 5.28. The Morgan fingerprint density at radius 1 is 1.12 bits per heavy atom. The zero-order valence-corrected chi connectivity index (χ0v) is 23.5. The van der Waals surface area contributed by atoms with Crippen molar-refractivity contribution in [3.05, 3.63) is 35.9 Å². The van der Waals surface area contributed by atoms with Gasteiger partial charge in [-0.05, 0) is 53.0 Å². The molecule has 1 fully saturated rings. The number of hydrogen-bond acceptors (Lipinski definition) is 9. The minimum Gasteiger partial charge on any atom is -0.458 e. The highest BCUT2D eigenvalue weighted by Gasteiger charge is 2.47. The van der Waals surface area contributed by atoms with E-state index in [1.807, 2.05) is 0 Å². The van der Waals surface area contributed by atoms with Crippen LogP contribution in [0.15, 0.2) is 30.3 Å². The number of nitrogens with two attached hydrogens (primary N) is 1. The topological polar surface area (TPSA) is 188 Å². The molecule has 1 heterocycles. The van der Waals surface area contributed by atoms with Gasteiger partial charge in [0.2, 0.25) is 23.3 Å². The molecule has 1 aliphatic rings. The third-order valence-corrected chi connectivity index (χ3v) is 6.54. The highest BCUT2D eigenvalue weighted by atomic mass is 16.6. The van der Waals surface area contributed by atoms with Crippen LogP contribution in [0.2, 0.25) is 0 Å². The molecule has 13 heteroatoms. The van der Waals surface area contributed by atoms with Crippen molar-refractivity contribution >= 4 is 35.4 Å². The number of ketones is 1. The van der Waals surface area contributed by atoms with Crippen LogP contribution in [-0.4, -0.2) is 86.7 Å². The van der Waals surface area contributed by atoms with Crippen molar-refractivity contribution < 1.29 is 38.6 Å². The van der Waals surface area contributed by atoms with Crippen molar-refractivity contribution in [2.75, 3.05) is 6.54 Å². The van der Waals surface area contributed by atoms with Crippen LogP contribution in [0.4, 0.5) is 0 Å². The molecule has 0 spiro atoms. The van der Waals surface area contributed by atoms with Crippen LogP contribution < -0.4 is 16.5 Å². The summed E-state index contributed by atoms with van der Waals surface area (Å²) in [7, 11) is 0. The van der Waals surface area contributed by atoms with Gasteiger partial charge in [0.25, 0.3) is 5.91 Å². The van der Waals surface area contributed by atoms with Crippen LogP contribution in [0.5, 0.6) is 0 Å². The molecule has 2 rings (SSSR count). The van der Waals surface area contributed by atoms with Crippen molar-refractivity contribution in [2.24, 2.45) is 5.73 Å². The van der Waals surface area contributed by atoms with Crippen molar-refractivity contribution in [3.8, 4) is 0 Å². The quantitative estimate of drug-likeness (QED) is 0.158. The molecular formula is C27H39N5O8. The maximum atomic E-state index is 13.2. The van der Waals surface area contributed by atoms with E-state index in [1.165, 1.54) is 18.7 Å². The van der Waals surface area contributed by atoms with Gasteiger partial charge in [-0.25, -0.2) is 4.79 Å². The average molecular weight is 562 g/mol. The first-order valence-corrected chi connectivity index (χ1v) is 13.1. The number of benzene rings is 1. The fraction of sp³-hybridized carbons (Fsp3) is 0.556. The molecule has 1 aliphatic heterocycles. The average Bonchev–Trinajstić information content (AvgIpc) is 3.39. The summed E-state index contributed by atoms with van der Waals surface area (Å²) < 4.78 is 5.11. The Kier molecular flexibility index (Phi) is 11.3. The molecule has 0 aromatic heterocycles. The Morgan fingerprint density at radius 3 is 2.30 bits per heavy atom. The van der Waals surface area contributed by atoms with E-state index in [1.54, 1.807) is 44.2 Å². The van der Waals surface area contributed by atoms with E-state index in [0.717, 1.165) is 11.9 Å². The number of rotatable bonds is 11. The molecule has 4 atom stereocenters. The van der Waals surface area contributed by atoms with Crippen LogP contribution in [0, 0.1) is 0 Å². The van der Waals surface area contributed by atoms with Crippen molar-refractivity contribution in [2.45, 2.75) is 90.3 Å². The second-order valence-electron chi connectivity index (χ2n) is 10.2. The molecule has 220 valence electrons. The summed E-state index contributed by atoms with van der Waals surface area (Å²) in [5.41, 5.74) is 5.86. The van der Waals surface area contributed by atoms with E-state index in [0.29, 0.717) is 18.4 Å². The number of amides is 4. The van der Waals surface area contributed by atoms with Gasteiger partial charge in [0.1, 0.15) is 18.7 Å². The van der Waals surface area contributed by atoms with Crippen molar-refractivity contribution in [3.63, 3.8) is 0 Å². The number of Topliss-reactive ketones (excluding diaryl/α,β-unsaturated/α-hetero) is 1. The second-order valence-corrected chi connectivity index (χ2v) is 10.2. The Bertz CT molecular complexity index is 1110. The highest BCUT2D eigenvalue weighted by molar-refractivity contribution is 6.09. The van der Waals surface area contributed by atoms with E-state index in [4.69, 9.17) is 10.5 Å². The fourth-order valence-electron chi connectivity index (χ4n) is 4.12. The normalized spacial score (nSPS) is 17.8. The molecule has 1 unspecified atom stereocenters. The molecule has 0 aliphatic carbocycles. The lowest BCUT2D eigenvalue weighted by Gasteiger charge is -2.33. The van der Waals surface area contributed by atoms with E-state index < -0.39 is 71.6 Å². The van der Waals surface area contributed by atoms with Gasteiger partial charge in [0, 0.05) is 12.6 Å². The van der Waals surface area contributed by atoms with Crippen molar-refractivity contribution in [1.29, 1.82) is 0 Å². The summed E-state index contributed by atoms with van der Waals surface area (Å²) in [6.07, 6.45) is -0.137. The van der Waals surface area contributed by atoms with Crippen LogP contribution >= 0.6 is 0 Å². The molecule has 0 saturated carbocycles. The predicted octanol–water partition coefficient (Wildman–Crippen LogP) is -0.449. The molecule has 0 bridgehead atoms. The Labute approximate surface area is 233 Å². The van der Waals surface area contributed by atoms with Gasteiger partial charge in [0.15, 0.2) is 5.78 Å². The molecule has 5 N–H and O–H groups in total. The number of carbonyl (C=O) groups is 6. The lowest BCUT2D eigenvalue weighted by atomic mass is 9.94. The number of ether oxygens (including phenoxy) is 1. The van der Waals surface area contributed by atoms with Crippen LogP contribution in [0.3, 0.4) is 0 Å². The number of hydrogen-bond donors (Lipinski definition) is 4. The van der Waals surface area contributed by atoms with E-state index >= 15 is 0 Å². The fourth-order valence-corrected chi connectivity index (χ4v) is 4.12. The molecule has 40 heavy (non-hydrogen) atoms. The van der Waals surface area contributed by atoms with E-state index in [2.05, 4.69) is 10.7 Å². The monoisotopic (exact) mass is 561 g/mol. The standard InChI is InChI=1S/C27H39N5O8/c1-16(2)32(22(34)14-27(39,19(5)33)26(38)40-15-20-10-7-6-8-11-20)30-24(36)21-12-9-13-31(21)25(37)18(4)29-23(35)17(3)28/h6-8,10-11,16-18,21,39H,9,12-15,28H2,1-5H3,(H,29,35)(H,30,36)/t17-,18-,21-,27?/m0/s1. The van der Waals surface area contributed by atoms with Gasteiger partial charge in [-0.15, -0.1) is 0 Å². The number of nitrogens with one attached hydrogen (secondary N) is 2. The molecule has 13 nitrogen and oxygen atoms in total. The maximum Gasteiger partial charge on any atom is 0.346 e. The number of hydrazine groups is 1. The summed E-state index contributed by atoms with van der Waals surface area (Å²) in [6.45, 7) is 7.14. The minimum absolute atomic E-state index is 0.220. The first-order chi connectivity index (χ1) is 18.7. The number of aliphatic hydroxyl groups is 1. The molecular weight excluding hydrogens is 522 g/mol. The van der Waals surface area contributed by atoms with Gasteiger partial charge in [-0.3, -0.25) is 34.4 Å². The Morgan fingerprint density at radius 2 is 1.75 bits per heavy atom. The van der Waals surface area contributed by atoms with Gasteiger partial charge >= 0.3 is 5.97 Å². The third kappa shape index (κ3) is 8.09. The second kappa shape index (κ2) is 14.0. The highest BCUT2D eigenvalue weighted by Crippen LogP contribution is 2.21. The van der Waals surface area contributed by atoms with Crippen LogP contribution in [0.1, 0.15) is 59.4 Å². The lowest BCUT2D eigenvalue weighted by molar-refractivity contribution is -0.175. The largest absolute Gasteiger partial charge is 0.458 e. The molecule has 0 radical (unpaired) electrons. The molecule has 1 aromatic carbocycles. The van der Waals surface area contributed by atoms with Gasteiger partial charge in [0.05, 0.1) is 12.5 Å². The molecule has 4 amide bonds. The first kappa shape index (κ1) is 32.4. The summed E-state index contributed by atoms with van der Waals surface area (Å²) in [4.78, 5) is 77.6. The van der Waals surface area contributed by atoms with Crippen LogP contribution in [0.25, 0.3) is 0 Å². The zero-order valence-electron chi connectivity index (χ0n) is 23.5. The Hall–Kier alpha value is -3.84. The number of carbonyl (C=O) groups excluding carboxylic acids is 6. The van der Waals surface area contributed by atoms with Crippen LogP contribution in [-0.2, 0) is 40.1 Å². The summed E-state index contributed by atoms with van der Waals surface area (Å²) in [5.74, 6) is -4.87. The molecule has 1 aromatic rings. The zero-order chi connectivity index (χ0) is 30.2. The maximum absolute atomic E-state index is 13.2. The predicted molar refractivity (Wildman–Crippen MR) is 143 cm³/mol. The number of nitrogens with zero attached hydrogens (tertiary/aromatic N) is 2. The first-order valence-electron chi connectivity index (χ1n) is 13.1. The van der Waals surface area contributed by atoms with E-state index in [-0.39, 0.29) is 13.2 Å². The summed E-state index contributed by atoms with van der Waals surface area (Å²) in [5, 5.41) is 14.3. The van der Waals surface area contributed by atoms with Gasteiger partial charge in [-0.2, -0.15) is 0 Å². The van der Waals surface area contributed by atoms with Gasteiger partial charge in [-0.1, -0.05) is 30.3 Å². The Balaban J connectivity index is 2.12. The smallest absolute Gasteiger partial charge is 0.346 e. The van der Waals surface area contributed by atoms with Gasteiger partial charge < -0.3 is 25.8 Å². The van der Waals surface area contributed by atoms with Crippen molar-refractivity contribution in [1.82, 2.24) is 20.7 Å². The third-order valence-electron chi connectivity index (χ3n) is 6.54. The number of esters is 1. The SMILES string of the molecule is CC(=O)C(O)(CC(=O)N(NC(=O)[C@@H]1CCCN1C(=O)[C@H](C)NC(=O)[C@H](C)N)C(C)C)C(=O)OCc1ccccc1. The minimum atomic E-state index is -2.77. The lowest BCUT2D eigenvalue weighted by Crippen LogP contribution is -2.59. The molecule has 1 saturated heterocycles. The summed E-state index contributed by atoms with van der Waals surface area (Å²) >= 11 is 0.